The van der Waals surface area contributed by atoms with Crippen LogP contribution in [0, 0.1) is 11.3 Å². The highest BCUT2D eigenvalue weighted by molar-refractivity contribution is 7.93. The summed E-state index contributed by atoms with van der Waals surface area (Å²) < 4.78 is 36.3. The van der Waals surface area contributed by atoms with Crippen molar-refractivity contribution in [1.29, 1.82) is 5.26 Å². The highest BCUT2D eigenvalue weighted by atomic mass is 35.5. The number of anilines is 1. The van der Waals surface area contributed by atoms with E-state index in [9.17, 15) is 23.6 Å². The first-order valence-corrected chi connectivity index (χ1v) is 9.98. The summed E-state index contributed by atoms with van der Waals surface area (Å²) in [6.07, 6.45) is 1.20. The molecule has 3 aromatic rings. The number of nitrogens with zero attached hydrogens (tertiary/aromatic N) is 3. The molecule has 0 atom stereocenters. The van der Waals surface area contributed by atoms with Crippen LogP contribution in [0.15, 0.2) is 47.6 Å². The molecule has 0 fully saturated rings. The average molecular weight is 437 g/mol. The Labute approximate surface area is 168 Å². The number of aromatic nitrogens is 2. The SMILES string of the molecule is N#Cc1cc(S(=O)(=O)Nc2ncns2)ccc1Oc1ccc(Cl)cc1C(=O)O. The Bertz CT molecular complexity index is 1190. The molecule has 9 nitrogen and oxygen atoms in total. The van der Waals surface area contributed by atoms with Gasteiger partial charge < -0.3 is 9.84 Å². The van der Waals surface area contributed by atoms with Crippen LogP contribution in [0.25, 0.3) is 0 Å². The molecule has 0 saturated carbocycles. The molecule has 1 heterocycles. The van der Waals surface area contributed by atoms with Gasteiger partial charge in [0.05, 0.1) is 10.5 Å². The number of carboxylic acid groups (broad SMARTS) is 1. The molecule has 0 aliphatic carbocycles. The van der Waals surface area contributed by atoms with E-state index < -0.39 is 16.0 Å². The monoisotopic (exact) mass is 436 g/mol. The summed E-state index contributed by atoms with van der Waals surface area (Å²) in [5.41, 5.74) is -0.308. The standard InChI is InChI=1S/C16H9ClN4O5S2/c17-10-1-3-14(12(6-10)15(22)23)26-13-4-2-11(5-9(13)7-18)28(24,25)21-16-19-8-20-27-16/h1-6,8H,(H,22,23)(H,19,20,21). The molecule has 0 radical (unpaired) electrons. The third-order valence-electron chi connectivity index (χ3n) is 3.36. The Morgan fingerprint density at radius 2 is 2.00 bits per heavy atom. The summed E-state index contributed by atoms with van der Waals surface area (Å²) in [5, 5.41) is 18.9. The molecule has 12 heteroatoms. The van der Waals surface area contributed by atoms with Gasteiger partial charge in [-0.3, -0.25) is 4.72 Å². The molecular weight excluding hydrogens is 428 g/mol. The quantitative estimate of drug-likeness (QED) is 0.598. The van der Waals surface area contributed by atoms with Gasteiger partial charge in [0, 0.05) is 16.6 Å². The molecule has 0 unspecified atom stereocenters. The number of aromatic carboxylic acids is 1. The molecule has 0 amide bonds. The van der Waals surface area contributed by atoms with Gasteiger partial charge in [-0.05, 0) is 36.4 Å². The van der Waals surface area contributed by atoms with E-state index in [2.05, 4.69) is 14.1 Å². The maximum absolute atomic E-state index is 12.4. The van der Waals surface area contributed by atoms with Crippen molar-refractivity contribution < 1.29 is 23.1 Å². The number of carbonyl (C=O) groups is 1. The van der Waals surface area contributed by atoms with Gasteiger partial charge in [0.15, 0.2) is 0 Å². The highest BCUT2D eigenvalue weighted by Gasteiger charge is 2.20. The van der Waals surface area contributed by atoms with Gasteiger partial charge in [-0.15, -0.1) is 0 Å². The molecule has 0 bridgehead atoms. The summed E-state index contributed by atoms with van der Waals surface area (Å²) in [6.45, 7) is 0. The summed E-state index contributed by atoms with van der Waals surface area (Å²) in [5.74, 6) is -1.32. The van der Waals surface area contributed by atoms with Crippen molar-refractivity contribution in [2.45, 2.75) is 4.90 Å². The predicted octanol–water partition coefficient (Wildman–Crippen LogP) is 3.35. The Morgan fingerprint density at radius 3 is 2.64 bits per heavy atom. The lowest BCUT2D eigenvalue weighted by Gasteiger charge is -2.12. The number of ether oxygens (including phenoxy) is 1. The number of hydrogen-bond acceptors (Lipinski definition) is 8. The van der Waals surface area contributed by atoms with Crippen LogP contribution in [0.2, 0.25) is 5.02 Å². The number of hydrogen-bond donors (Lipinski definition) is 2. The summed E-state index contributed by atoms with van der Waals surface area (Å²) in [4.78, 5) is 14.9. The van der Waals surface area contributed by atoms with Crippen molar-refractivity contribution in [3.05, 3.63) is 58.9 Å². The highest BCUT2D eigenvalue weighted by Crippen LogP contribution is 2.31. The zero-order valence-corrected chi connectivity index (χ0v) is 16.0. The second-order valence-electron chi connectivity index (χ2n) is 5.17. The van der Waals surface area contributed by atoms with Crippen LogP contribution in [0.4, 0.5) is 5.13 Å². The van der Waals surface area contributed by atoms with Crippen molar-refractivity contribution in [2.24, 2.45) is 0 Å². The van der Waals surface area contributed by atoms with Crippen LogP contribution in [0.3, 0.4) is 0 Å². The number of nitriles is 1. The number of carboxylic acids is 1. The minimum absolute atomic E-state index is 0.0119. The Morgan fingerprint density at radius 1 is 1.25 bits per heavy atom. The molecule has 1 aromatic heterocycles. The molecule has 3 rings (SSSR count). The molecule has 2 N–H and O–H groups in total. The molecule has 0 aliphatic rings. The van der Waals surface area contributed by atoms with Gasteiger partial charge in [-0.1, -0.05) is 11.6 Å². The molecule has 2 aromatic carbocycles. The first-order chi connectivity index (χ1) is 13.3. The lowest BCUT2D eigenvalue weighted by molar-refractivity contribution is 0.0694. The molecular formula is C16H9ClN4O5S2. The minimum Gasteiger partial charge on any atom is -0.478 e. The Kier molecular flexibility index (Phi) is 5.46. The van der Waals surface area contributed by atoms with E-state index in [1.165, 1.54) is 36.7 Å². The number of sulfonamides is 1. The van der Waals surface area contributed by atoms with Gasteiger partial charge in [0.2, 0.25) is 5.13 Å². The smallest absolute Gasteiger partial charge is 0.339 e. The zero-order chi connectivity index (χ0) is 20.3. The first-order valence-electron chi connectivity index (χ1n) is 7.34. The van der Waals surface area contributed by atoms with Gasteiger partial charge in [0.25, 0.3) is 10.0 Å². The number of benzene rings is 2. The van der Waals surface area contributed by atoms with Gasteiger partial charge in [0.1, 0.15) is 29.5 Å². The molecule has 28 heavy (non-hydrogen) atoms. The van der Waals surface area contributed by atoms with Crippen molar-refractivity contribution in [1.82, 2.24) is 9.36 Å². The molecule has 0 saturated heterocycles. The van der Waals surface area contributed by atoms with Crippen LogP contribution in [0.1, 0.15) is 15.9 Å². The fourth-order valence-electron chi connectivity index (χ4n) is 2.12. The number of rotatable bonds is 6. The van der Waals surface area contributed by atoms with E-state index in [4.69, 9.17) is 16.3 Å². The van der Waals surface area contributed by atoms with E-state index in [-0.39, 0.29) is 37.7 Å². The maximum Gasteiger partial charge on any atom is 0.339 e. The summed E-state index contributed by atoms with van der Waals surface area (Å²) >= 11 is 6.66. The minimum atomic E-state index is -3.99. The van der Waals surface area contributed by atoms with E-state index in [1.807, 2.05) is 6.07 Å². The number of nitrogens with one attached hydrogen (secondary N) is 1. The zero-order valence-electron chi connectivity index (χ0n) is 13.7. The summed E-state index contributed by atoms with van der Waals surface area (Å²) in [7, 11) is -3.99. The average Bonchev–Trinajstić information content (AvgIpc) is 3.15. The number of halogens is 1. The molecule has 0 spiro atoms. The predicted molar refractivity (Wildman–Crippen MR) is 100 cm³/mol. The fourth-order valence-corrected chi connectivity index (χ4v) is 3.98. The van der Waals surface area contributed by atoms with Crippen molar-refractivity contribution in [2.75, 3.05) is 4.72 Å². The van der Waals surface area contributed by atoms with Crippen LogP contribution >= 0.6 is 23.1 Å². The van der Waals surface area contributed by atoms with Crippen LogP contribution in [-0.2, 0) is 10.0 Å². The van der Waals surface area contributed by atoms with Crippen LogP contribution < -0.4 is 9.46 Å². The van der Waals surface area contributed by atoms with Crippen LogP contribution in [0.5, 0.6) is 11.5 Å². The molecule has 142 valence electrons. The fraction of sp³-hybridized carbons (Fsp3) is 0. The maximum atomic E-state index is 12.4. The van der Waals surface area contributed by atoms with Gasteiger partial charge in [-0.2, -0.15) is 9.64 Å². The van der Waals surface area contributed by atoms with Gasteiger partial charge >= 0.3 is 5.97 Å². The van der Waals surface area contributed by atoms with Crippen molar-refractivity contribution in [3.63, 3.8) is 0 Å². The second-order valence-corrected chi connectivity index (χ2v) is 8.07. The van der Waals surface area contributed by atoms with E-state index in [1.54, 1.807) is 0 Å². The van der Waals surface area contributed by atoms with E-state index >= 15 is 0 Å². The third-order valence-corrected chi connectivity index (χ3v) is 5.64. The van der Waals surface area contributed by atoms with Crippen molar-refractivity contribution in [3.8, 4) is 17.6 Å². The lowest BCUT2D eigenvalue weighted by Crippen LogP contribution is -2.13. The lowest BCUT2D eigenvalue weighted by atomic mass is 10.2. The van der Waals surface area contributed by atoms with Crippen molar-refractivity contribution >= 4 is 44.3 Å². The van der Waals surface area contributed by atoms with E-state index in [0.717, 1.165) is 17.6 Å². The van der Waals surface area contributed by atoms with E-state index in [0.29, 0.717) is 0 Å². The summed E-state index contributed by atoms with van der Waals surface area (Å²) in [6, 6.07) is 9.39. The van der Waals surface area contributed by atoms with Gasteiger partial charge in [-0.25, -0.2) is 18.2 Å². The topological polar surface area (TPSA) is 142 Å². The first kappa shape index (κ1) is 19.6. The van der Waals surface area contributed by atoms with Crippen LogP contribution in [-0.4, -0.2) is 28.9 Å². The second kappa shape index (κ2) is 7.81. The Balaban J connectivity index is 1.95. The molecule has 0 aliphatic heterocycles. The largest absolute Gasteiger partial charge is 0.478 e. The Hall–Kier alpha value is -3.20. The third kappa shape index (κ3) is 4.20. The normalized spacial score (nSPS) is 10.9.